The van der Waals surface area contributed by atoms with Crippen molar-refractivity contribution in [1.82, 2.24) is 4.90 Å². The van der Waals surface area contributed by atoms with Gasteiger partial charge in [0.25, 0.3) is 5.91 Å². The van der Waals surface area contributed by atoms with Gasteiger partial charge in [-0.25, -0.2) is 0 Å². The Bertz CT molecular complexity index is 577. The summed E-state index contributed by atoms with van der Waals surface area (Å²) in [7, 11) is 1.70. The van der Waals surface area contributed by atoms with Gasteiger partial charge in [-0.05, 0) is 36.7 Å². The van der Waals surface area contributed by atoms with Crippen molar-refractivity contribution in [2.75, 3.05) is 20.2 Å². The topological polar surface area (TPSA) is 42.7 Å². The number of hydrogen-bond donors (Lipinski definition) is 0. The Morgan fingerprint density at radius 3 is 2.60 bits per heavy atom. The van der Waals surface area contributed by atoms with Gasteiger partial charge in [0.05, 0.1) is 18.4 Å². The largest absolute Gasteiger partial charge is 0.492 e. The zero-order valence-electron chi connectivity index (χ0n) is 11.4. The van der Waals surface area contributed by atoms with E-state index in [0.29, 0.717) is 18.7 Å². The summed E-state index contributed by atoms with van der Waals surface area (Å²) < 4.78 is 10.5. The predicted molar refractivity (Wildman–Crippen MR) is 77.4 cm³/mol. The minimum atomic E-state index is -0.184. The number of halogens is 1. The maximum Gasteiger partial charge on any atom is 0.258 e. The van der Waals surface area contributed by atoms with E-state index in [1.807, 2.05) is 31.2 Å². The SMILES string of the molecule is Cc1ccc(OCCN(C)C(=O)c2ccoc2Cl)cc1. The molecule has 0 aliphatic heterocycles. The van der Waals surface area contributed by atoms with Gasteiger partial charge in [0, 0.05) is 7.05 Å². The first-order chi connectivity index (χ1) is 9.58. The molecule has 1 heterocycles. The third kappa shape index (κ3) is 3.54. The second kappa shape index (κ2) is 6.48. The number of amides is 1. The lowest BCUT2D eigenvalue weighted by Crippen LogP contribution is -2.30. The molecule has 0 atom stereocenters. The van der Waals surface area contributed by atoms with Crippen LogP contribution in [0.3, 0.4) is 0 Å². The van der Waals surface area contributed by atoms with Crippen molar-refractivity contribution in [2.45, 2.75) is 6.92 Å². The fourth-order valence-corrected chi connectivity index (χ4v) is 1.88. The molecular formula is C15H16ClNO3. The van der Waals surface area contributed by atoms with Crippen molar-refractivity contribution in [3.05, 3.63) is 52.9 Å². The van der Waals surface area contributed by atoms with Crippen LogP contribution in [0, 0.1) is 6.92 Å². The molecule has 0 unspecified atom stereocenters. The zero-order valence-corrected chi connectivity index (χ0v) is 12.2. The van der Waals surface area contributed by atoms with E-state index in [4.69, 9.17) is 20.8 Å². The second-order valence-corrected chi connectivity index (χ2v) is 4.84. The van der Waals surface area contributed by atoms with Crippen LogP contribution < -0.4 is 4.74 Å². The van der Waals surface area contributed by atoms with Crippen LogP contribution in [0.1, 0.15) is 15.9 Å². The van der Waals surface area contributed by atoms with Crippen molar-refractivity contribution in [3.8, 4) is 5.75 Å². The quantitative estimate of drug-likeness (QED) is 0.848. The summed E-state index contributed by atoms with van der Waals surface area (Å²) in [4.78, 5) is 13.6. The van der Waals surface area contributed by atoms with Crippen LogP contribution in [0.5, 0.6) is 5.75 Å². The fraction of sp³-hybridized carbons (Fsp3) is 0.267. The van der Waals surface area contributed by atoms with Gasteiger partial charge < -0.3 is 14.1 Å². The van der Waals surface area contributed by atoms with Crippen molar-refractivity contribution >= 4 is 17.5 Å². The minimum absolute atomic E-state index is 0.112. The minimum Gasteiger partial charge on any atom is -0.492 e. The van der Waals surface area contributed by atoms with E-state index in [-0.39, 0.29) is 11.1 Å². The smallest absolute Gasteiger partial charge is 0.258 e. The molecule has 1 amide bonds. The molecule has 106 valence electrons. The lowest BCUT2D eigenvalue weighted by atomic mass is 10.2. The number of likely N-dealkylation sites (N-methyl/N-ethyl adjacent to an activating group) is 1. The third-order valence-corrected chi connectivity index (χ3v) is 3.20. The average molecular weight is 294 g/mol. The highest BCUT2D eigenvalue weighted by Gasteiger charge is 2.17. The maximum atomic E-state index is 12.0. The predicted octanol–water partition coefficient (Wildman–Crippen LogP) is 3.39. The van der Waals surface area contributed by atoms with Crippen molar-refractivity contribution in [3.63, 3.8) is 0 Å². The Hall–Kier alpha value is -1.94. The first-order valence-electron chi connectivity index (χ1n) is 6.26. The van der Waals surface area contributed by atoms with Crippen LogP contribution >= 0.6 is 11.6 Å². The van der Waals surface area contributed by atoms with E-state index in [1.54, 1.807) is 18.0 Å². The Balaban J connectivity index is 1.83. The molecule has 5 heteroatoms. The summed E-state index contributed by atoms with van der Waals surface area (Å²) in [6, 6.07) is 9.33. The number of carbonyl (C=O) groups is 1. The summed E-state index contributed by atoms with van der Waals surface area (Å²) >= 11 is 5.78. The normalized spacial score (nSPS) is 10.3. The summed E-state index contributed by atoms with van der Waals surface area (Å²) in [5.41, 5.74) is 1.55. The van der Waals surface area contributed by atoms with E-state index >= 15 is 0 Å². The van der Waals surface area contributed by atoms with Crippen molar-refractivity contribution in [2.24, 2.45) is 0 Å². The Kier molecular flexibility index (Phi) is 4.69. The monoisotopic (exact) mass is 293 g/mol. The molecule has 1 aromatic carbocycles. The van der Waals surface area contributed by atoms with E-state index in [9.17, 15) is 4.79 Å². The first kappa shape index (κ1) is 14.5. The number of hydrogen-bond acceptors (Lipinski definition) is 3. The molecule has 0 N–H and O–H groups in total. The molecule has 20 heavy (non-hydrogen) atoms. The third-order valence-electron chi connectivity index (χ3n) is 2.91. The lowest BCUT2D eigenvalue weighted by molar-refractivity contribution is 0.0773. The molecule has 0 radical (unpaired) electrons. The fourth-order valence-electron chi connectivity index (χ4n) is 1.69. The Morgan fingerprint density at radius 2 is 2.00 bits per heavy atom. The standard InChI is InChI=1S/C15H16ClNO3/c1-11-3-5-12(6-4-11)19-10-8-17(2)15(18)13-7-9-20-14(13)16/h3-7,9H,8,10H2,1-2H3. The van der Waals surface area contributed by atoms with Crippen molar-refractivity contribution < 1.29 is 13.9 Å². The molecular weight excluding hydrogens is 278 g/mol. The Labute approximate surface area is 122 Å². The number of furan rings is 1. The summed E-state index contributed by atoms with van der Waals surface area (Å²) in [6.45, 7) is 2.90. The highest BCUT2D eigenvalue weighted by atomic mass is 35.5. The van der Waals surface area contributed by atoms with Crippen LogP contribution in [0.4, 0.5) is 0 Å². The van der Waals surface area contributed by atoms with Gasteiger partial charge in [-0.2, -0.15) is 0 Å². The molecule has 0 aliphatic carbocycles. The molecule has 2 rings (SSSR count). The molecule has 0 spiro atoms. The van der Waals surface area contributed by atoms with Crippen LogP contribution in [0.15, 0.2) is 41.0 Å². The van der Waals surface area contributed by atoms with Crippen molar-refractivity contribution in [1.29, 1.82) is 0 Å². The molecule has 2 aromatic rings. The number of ether oxygens (including phenoxy) is 1. The van der Waals surface area contributed by atoms with Crippen LogP contribution in [0.25, 0.3) is 0 Å². The Morgan fingerprint density at radius 1 is 1.30 bits per heavy atom. The molecule has 0 saturated heterocycles. The summed E-state index contributed by atoms with van der Waals surface area (Å²) in [6.07, 6.45) is 1.40. The second-order valence-electron chi connectivity index (χ2n) is 4.50. The van der Waals surface area contributed by atoms with Crippen LogP contribution in [-0.2, 0) is 0 Å². The summed E-state index contributed by atoms with van der Waals surface area (Å²) in [5, 5.41) is 0.112. The van der Waals surface area contributed by atoms with Crippen LogP contribution in [0.2, 0.25) is 5.22 Å². The van der Waals surface area contributed by atoms with Gasteiger partial charge in [-0.1, -0.05) is 17.7 Å². The van der Waals surface area contributed by atoms with Gasteiger partial charge in [-0.15, -0.1) is 0 Å². The first-order valence-corrected chi connectivity index (χ1v) is 6.63. The van der Waals surface area contributed by atoms with Gasteiger partial charge >= 0.3 is 0 Å². The van der Waals surface area contributed by atoms with E-state index in [1.165, 1.54) is 11.8 Å². The lowest BCUT2D eigenvalue weighted by Gasteiger charge is -2.16. The molecule has 4 nitrogen and oxygen atoms in total. The molecule has 1 aromatic heterocycles. The highest BCUT2D eigenvalue weighted by Crippen LogP contribution is 2.18. The number of nitrogens with zero attached hydrogens (tertiary/aromatic N) is 1. The van der Waals surface area contributed by atoms with Gasteiger partial charge in [0.2, 0.25) is 5.22 Å². The van der Waals surface area contributed by atoms with E-state index in [0.717, 1.165) is 5.75 Å². The highest BCUT2D eigenvalue weighted by molar-refractivity contribution is 6.32. The number of aryl methyl sites for hydroxylation is 1. The molecule has 0 fully saturated rings. The maximum absolute atomic E-state index is 12.0. The van der Waals surface area contributed by atoms with Gasteiger partial charge in [0.1, 0.15) is 12.4 Å². The van der Waals surface area contributed by atoms with Crippen LogP contribution in [-0.4, -0.2) is 31.0 Å². The molecule has 0 bridgehead atoms. The molecule has 0 aliphatic rings. The number of benzene rings is 1. The van der Waals surface area contributed by atoms with E-state index < -0.39 is 0 Å². The van der Waals surface area contributed by atoms with Gasteiger partial charge in [0.15, 0.2) is 0 Å². The molecule has 0 saturated carbocycles. The zero-order chi connectivity index (χ0) is 14.5. The van der Waals surface area contributed by atoms with Gasteiger partial charge in [-0.3, -0.25) is 4.79 Å². The summed E-state index contributed by atoms with van der Waals surface area (Å²) in [5.74, 6) is 0.606. The average Bonchev–Trinajstić information content (AvgIpc) is 2.86. The van der Waals surface area contributed by atoms with E-state index in [2.05, 4.69) is 0 Å². The number of carbonyl (C=O) groups excluding carboxylic acids is 1. The number of rotatable bonds is 5.